The Kier molecular flexibility index (Phi) is 5.50. The van der Waals surface area contributed by atoms with E-state index in [1.54, 1.807) is 6.07 Å². The lowest BCUT2D eigenvalue weighted by atomic mass is 9.69. The summed E-state index contributed by atoms with van der Waals surface area (Å²) in [4.78, 5) is 15.4. The van der Waals surface area contributed by atoms with Crippen LogP contribution in [0.3, 0.4) is 0 Å². The van der Waals surface area contributed by atoms with Gasteiger partial charge in [-0.15, -0.1) is 11.3 Å². The molecule has 2 aromatic rings. The quantitative estimate of drug-likeness (QED) is 0.491. The van der Waals surface area contributed by atoms with Crippen molar-refractivity contribution in [2.45, 2.75) is 38.8 Å². The second-order valence-electron chi connectivity index (χ2n) is 8.64. The molecule has 1 aromatic heterocycles. The summed E-state index contributed by atoms with van der Waals surface area (Å²) in [5, 5.41) is 10.00. The molecule has 166 valence electrons. The van der Waals surface area contributed by atoms with Gasteiger partial charge in [0.05, 0.1) is 32.6 Å². The monoisotopic (exact) mass is 521 g/mol. The molecule has 0 fully saturated rings. The van der Waals surface area contributed by atoms with Gasteiger partial charge in [-0.3, -0.25) is 9.69 Å². The van der Waals surface area contributed by atoms with Crippen LogP contribution < -0.4 is 10.6 Å². The van der Waals surface area contributed by atoms with E-state index in [0.29, 0.717) is 17.7 Å². The summed E-state index contributed by atoms with van der Waals surface area (Å²) >= 11 is 4.78. The Labute approximate surface area is 196 Å². The lowest BCUT2D eigenvalue weighted by Crippen LogP contribution is -2.42. The standard InChI is InChI=1S/C23H19BrF3N3OS/c1-22(2)9-15-20(16(31)10-22)19(17-7-8-18(24)32-17)12(11-28)21(29)30(15)14-6-4-3-5-13(14)23(25,26)27/h3-8,19H,9-10,29H2,1-2H3/t19-/m0/s1. The molecule has 0 unspecified atom stereocenters. The summed E-state index contributed by atoms with van der Waals surface area (Å²) in [6.07, 6.45) is -4.04. The number of benzene rings is 1. The SMILES string of the molecule is CC1(C)CC(=O)C2=C(C1)N(c1ccccc1C(F)(F)F)C(N)=C(C#N)[C@H]2c1ccc(Br)s1. The molecule has 4 rings (SSSR count). The maximum absolute atomic E-state index is 13.9. The molecule has 32 heavy (non-hydrogen) atoms. The van der Waals surface area contributed by atoms with Crippen LogP contribution in [-0.2, 0) is 11.0 Å². The van der Waals surface area contributed by atoms with Gasteiger partial charge in [0.15, 0.2) is 5.78 Å². The number of anilines is 1. The number of hydrogen-bond donors (Lipinski definition) is 1. The predicted molar refractivity (Wildman–Crippen MR) is 121 cm³/mol. The van der Waals surface area contributed by atoms with E-state index in [9.17, 15) is 23.2 Å². The smallest absolute Gasteiger partial charge is 0.384 e. The normalized spacial score (nSPS) is 21.0. The van der Waals surface area contributed by atoms with Crippen LogP contribution in [0.15, 0.2) is 62.8 Å². The van der Waals surface area contributed by atoms with Crippen molar-refractivity contribution >= 4 is 38.7 Å². The number of allylic oxidation sites excluding steroid dienone is 3. The Morgan fingerprint density at radius 2 is 1.91 bits per heavy atom. The number of Topliss-reactive ketones (excluding diaryl/α,β-unsaturated/α-hetero) is 1. The lowest BCUT2D eigenvalue weighted by molar-refractivity contribution is -0.137. The fourth-order valence-corrected chi connectivity index (χ4v) is 6.00. The number of nitrogens with two attached hydrogens (primary N) is 1. The van der Waals surface area contributed by atoms with Crippen LogP contribution >= 0.6 is 27.3 Å². The van der Waals surface area contributed by atoms with E-state index in [0.717, 1.165) is 14.7 Å². The van der Waals surface area contributed by atoms with Crippen molar-refractivity contribution in [3.8, 4) is 6.07 Å². The molecule has 2 N–H and O–H groups in total. The molecule has 0 saturated carbocycles. The largest absolute Gasteiger partial charge is 0.418 e. The molecule has 4 nitrogen and oxygen atoms in total. The lowest BCUT2D eigenvalue weighted by Gasteiger charge is -2.44. The van der Waals surface area contributed by atoms with E-state index in [1.807, 2.05) is 19.9 Å². The molecule has 9 heteroatoms. The summed E-state index contributed by atoms with van der Waals surface area (Å²) in [6, 6.07) is 10.8. The van der Waals surface area contributed by atoms with Gasteiger partial charge in [0.1, 0.15) is 5.82 Å². The first-order valence-corrected chi connectivity index (χ1v) is 11.4. The van der Waals surface area contributed by atoms with Gasteiger partial charge in [0.25, 0.3) is 0 Å². The molecular weight excluding hydrogens is 503 g/mol. The average molecular weight is 522 g/mol. The van der Waals surface area contributed by atoms with E-state index in [4.69, 9.17) is 5.73 Å². The molecule has 0 spiro atoms. The first-order chi connectivity index (χ1) is 14.9. The topological polar surface area (TPSA) is 70.1 Å². The highest BCUT2D eigenvalue weighted by atomic mass is 79.9. The molecular formula is C23H19BrF3N3OS. The van der Waals surface area contributed by atoms with Crippen LogP contribution in [0, 0.1) is 16.7 Å². The van der Waals surface area contributed by atoms with Crippen LogP contribution in [0.25, 0.3) is 0 Å². The third kappa shape index (κ3) is 3.76. The minimum atomic E-state index is -4.63. The van der Waals surface area contributed by atoms with Gasteiger partial charge in [-0.2, -0.15) is 18.4 Å². The average Bonchev–Trinajstić information content (AvgIpc) is 3.11. The number of rotatable bonds is 2. The fourth-order valence-electron chi connectivity index (χ4n) is 4.46. The zero-order chi connectivity index (χ0) is 23.4. The number of hydrogen-bond acceptors (Lipinski definition) is 5. The van der Waals surface area contributed by atoms with Gasteiger partial charge in [-0.05, 0) is 52.0 Å². The van der Waals surface area contributed by atoms with Crippen molar-refractivity contribution in [2.24, 2.45) is 11.1 Å². The summed E-state index contributed by atoms with van der Waals surface area (Å²) in [5.41, 5.74) is 5.74. The van der Waals surface area contributed by atoms with Crippen molar-refractivity contribution in [1.29, 1.82) is 5.26 Å². The zero-order valence-electron chi connectivity index (χ0n) is 17.3. The number of ketones is 1. The van der Waals surface area contributed by atoms with Gasteiger partial charge in [-0.1, -0.05) is 26.0 Å². The summed E-state index contributed by atoms with van der Waals surface area (Å²) in [5.74, 6) is -0.965. The predicted octanol–water partition coefficient (Wildman–Crippen LogP) is 6.47. The highest BCUT2D eigenvalue weighted by Crippen LogP contribution is 2.52. The molecule has 0 radical (unpaired) electrons. The van der Waals surface area contributed by atoms with Crippen molar-refractivity contribution in [3.05, 3.63) is 73.3 Å². The molecule has 0 bridgehead atoms. The molecule has 2 aliphatic rings. The number of nitriles is 1. The highest BCUT2D eigenvalue weighted by molar-refractivity contribution is 9.11. The van der Waals surface area contributed by atoms with E-state index >= 15 is 0 Å². The third-order valence-corrected chi connectivity index (χ3v) is 7.40. The summed E-state index contributed by atoms with van der Waals surface area (Å²) in [6.45, 7) is 3.80. The summed E-state index contributed by atoms with van der Waals surface area (Å²) < 4.78 is 42.4. The zero-order valence-corrected chi connectivity index (χ0v) is 19.7. The van der Waals surface area contributed by atoms with E-state index in [1.165, 1.54) is 34.4 Å². The van der Waals surface area contributed by atoms with Gasteiger partial charge < -0.3 is 5.73 Å². The number of carbonyl (C=O) groups is 1. The van der Waals surface area contributed by atoms with Crippen LogP contribution in [0.2, 0.25) is 0 Å². The van der Waals surface area contributed by atoms with Crippen LogP contribution in [-0.4, -0.2) is 5.78 Å². The Hall–Kier alpha value is -2.57. The molecule has 2 heterocycles. The Morgan fingerprint density at radius 3 is 2.50 bits per heavy atom. The van der Waals surface area contributed by atoms with Gasteiger partial charge >= 0.3 is 6.18 Å². The van der Waals surface area contributed by atoms with Crippen LogP contribution in [0.4, 0.5) is 18.9 Å². The van der Waals surface area contributed by atoms with E-state index < -0.39 is 23.1 Å². The molecule has 1 aliphatic heterocycles. The van der Waals surface area contributed by atoms with Gasteiger partial charge in [0.2, 0.25) is 0 Å². The molecule has 1 aliphatic carbocycles. The van der Waals surface area contributed by atoms with Gasteiger partial charge in [0, 0.05) is 22.6 Å². The number of carbonyl (C=O) groups excluding carboxylic acids is 1. The number of nitrogens with zero attached hydrogens (tertiary/aromatic N) is 2. The van der Waals surface area contributed by atoms with Crippen molar-refractivity contribution < 1.29 is 18.0 Å². The molecule has 1 atom stereocenters. The second kappa shape index (κ2) is 7.78. The van der Waals surface area contributed by atoms with Crippen LogP contribution in [0.1, 0.15) is 43.0 Å². The first kappa shape index (κ1) is 22.6. The minimum Gasteiger partial charge on any atom is -0.384 e. The first-order valence-electron chi connectivity index (χ1n) is 9.82. The van der Waals surface area contributed by atoms with Crippen LogP contribution in [0.5, 0.6) is 0 Å². The van der Waals surface area contributed by atoms with Crippen molar-refractivity contribution in [3.63, 3.8) is 0 Å². The van der Waals surface area contributed by atoms with Crippen molar-refractivity contribution in [1.82, 2.24) is 0 Å². The minimum absolute atomic E-state index is 0.0723. The van der Waals surface area contributed by atoms with Crippen molar-refractivity contribution in [2.75, 3.05) is 4.90 Å². The molecule has 1 aromatic carbocycles. The van der Waals surface area contributed by atoms with E-state index in [2.05, 4.69) is 22.0 Å². The van der Waals surface area contributed by atoms with Gasteiger partial charge in [-0.25, -0.2) is 0 Å². The highest BCUT2D eigenvalue weighted by Gasteiger charge is 2.46. The fraction of sp³-hybridized carbons (Fsp3) is 0.304. The molecule has 0 amide bonds. The number of thiophene rings is 1. The Bertz CT molecular complexity index is 1220. The van der Waals surface area contributed by atoms with E-state index in [-0.39, 0.29) is 29.3 Å². The Morgan fingerprint density at radius 1 is 1.22 bits per heavy atom. The maximum atomic E-state index is 13.9. The number of halogens is 4. The number of alkyl halides is 3. The Balaban J connectivity index is 2.04. The molecule has 0 saturated heterocycles. The maximum Gasteiger partial charge on any atom is 0.418 e. The number of para-hydroxylation sites is 1. The third-order valence-electron chi connectivity index (χ3n) is 5.71. The second-order valence-corrected chi connectivity index (χ2v) is 11.1. The summed E-state index contributed by atoms with van der Waals surface area (Å²) in [7, 11) is 0.